The molecule has 6 heteroatoms. The summed E-state index contributed by atoms with van der Waals surface area (Å²) >= 11 is 0. The Kier molecular flexibility index (Phi) is 6.66. The Labute approximate surface area is 166 Å². The Morgan fingerprint density at radius 3 is 2.39 bits per heavy atom. The van der Waals surface area contributed by atoms with Crippen LogP contribution in [0.25, 0.3) is 0 Å². The molecule has 0 aromatic heterocycles. The molecule has 2 N–H and O–H groups in total. The van der Waals surface area contributed by atoms with Crippen LogP contribution in [0.1, 0.15) is 22.3 Å². The molecular formula is C22H28N4O2. The van der Waals surface area contributed by atoms with Gasteiger partial charge in [-0.25, -0.2) is 5.43 Å². The molecule has 1 fully saturated rings. The number of ether oxygens (including phenoxy) is 1. The molecule has 148 valence electrons. The van der Waals surface area contributed by atoms with E-state index in [1.165, 1.54) is 11.3 Å². The van der Waals surface area contributed by atoms with E-state index >= 15 is 0 Å². The van der Waals surface area contributed by atoms with Gasteiger partial charge in [0, 0.05) is 24.5 Å². The Morgan fingerprint density at radius 1 is 1.11 bits per heavy atom. The molecule has 1 heterocycles. The topological polar surface area (TPSA) is 66.0 Å². The summed E-state index contributed by atoms with van der Waals surface area (Å²) in [6, 6.07) is 12.3. The Balaban J connectivity index is 1.48. The molecule has 1 aliphatic heterocycles. The van der Waals surface area contributed by atoms with E-state index in [-0.39, 0.29) is 12.5 Å². The van der Waals surface area contributed by atoms with Gasteiger partial charge in [-0.1, -0.05) is 29.8 Å². The highest BCUT2D eigenvalue weighted by molar-refractivity contribution is 5.85. The zero-order chi connectivity index (χ0) is 19.9. The van der Waals surface area contributed by atoms with Crippen LogP contribution >= 0.6 is 0 Å². The van der Waals surface area contributed by atoms with Crippen LogP contribution in [-0.4, -0.2) is 45.0 Å². The third-order valence-electron chi connectivity index (χ3n) is 4.77. The van der Waals surface area contributed by atoms with Crippen molar-refractivity contribution in [2.75, 3.05) is 43.1 Å². The summed E-state index contributed by atoms with van der Waals surface area (Å²) in [5.74, 6) is -0.180. The average Bonchev–Trinajstić information content (AvgIpc) is 2.68. The number of nitrogens with one attached hydrogen (secondary N) is 2. The highest BCUT2D eigenvalue weighted by atomic mass is 16.5. The van der Waals surface area contributed by atoms with Gasteiger partial charge in [0.05, 0.1) is 26.0 Å². The standard InChI is InChI=1S/C22H28N4O2/c1-16-12-17(2)22(18(3)13-16)23-15-21(27)25-24-14-19-4-6-20(7-5-19)26-8-10-28-11-9-26/h4-7,12-14,23H,8-11,15H2,1-3H3,(H,25,27)/b24-14-. The lowest BCUT2D eigenvalue weighted by molar-refractivity contribution is -0.119. The molecule has 2 aromatic carbocycles. The SMILES string of the molecule is Cc1cc(C)c(NCC(=O)N/N=C\c2ccc(N3CCOCC3)cc2)c(C)c1. The lowest BCUT2D eigenvalue weighted by atomic mass is 10.1. The van der Waals surface area contributed by atoms with Crippen LogP contribution in [0.15, 0.2) is 41.5 Å². The van der Waals surface area contributed by atoms with Crippen LogP contribution in [0.5, 0.6) is 0 Å². The fraction of sp³-hybridized carbons (Fsp3) is 0.364. The molecule has 0 spiro atoms. The number of hydrogen-bond donors (Lipinski definition) is 2. The molecule has 1 amide bonds. The van der Waals surface area contributed by atoms with E-state index in [0.717, 1.165) is 48.7 Å². The van der Waals surface area contributed by atoms with E-state index in [1.807, 2.05) is 26.0 Å². The summed E-state index contributed by atoms with van der Waals surface area (Å²) in [7, 11) is 0. The number of rotatable bonds is 6. The van der Waals surface area contributed by atoms with Gasteiger partial charge in [0.2, 0.25) is 0 Å². The number of aryl methyl sites for hydroxylation is 3. The third-order valence-corrected chi connectivity index (χ3v) is 4.77. The van der Waals surface area contributed by atoms with Gasteiger partial charge in [0.15, 0.2) is 0 Å². The molecule has 0 bridgehead atoms. The van der Waals surface area contributed by atoms with E-state index in [4.69, 9.17) is 4.74 Å². The highest BCUT2D eigenvalue weighted by Crippen LogP contribution is 2.21. The fourth-order valence-corrected chi connectivity index (χ4v) is 3.44. The summed E-state index contributed by atoms with van der Waals surface area (Å²) in [5.41, 5.74) is 9.18. The monoisotopic (exact) mass is 380 g/mol. The maximum absolute atomic E-state index is 12.1. The van der Waals surface area contributed by atoms with E-state index < -0.39 is 0 Å². The first-order valence-corrected chi connectivity index (χ1v) is 9.59. The van der Waals surface area contributed by atoms with Gasteiger partial charge < -0.3 is 15.0 Å². The lowest BCUT2D eigenvalue weighted by Gasteiger charge is -2.28. The maximum Gasteiger partial charge on any atom is 0.259 e. The van der Waals surface area contributed by atoms with E-state index in [9.17, 15) is 4.79 Å². The summed E-state index contributed by atoms with van der Waals surface area (Å²) in [6.07, 6.45) is 1.66. The number of anilines is 2. The number of hydrogen-bond acceptors (Lipinski definition) is 5. The maximum atomic E-state index is 12.1. The smallest absolute Gasteiger partial charge is 0.259 e. The molecule has 0 aliphatic carbocycles. The Bertz CT molecular complexity index is 817. The summed E-state index contributed by atoms with van der Waals surface area (Å²) in [4.78, 5) is 14.3. The van der Waals surface area contributed by atoms with E-state index in [2.05, 4.69) is 51.9 Å². The lowest BCUT2D eigenvalue weighted by Crippen LogP contribution is -2.36. The average molecular weight is 380 g/mol. The molecule has 2 aromatic rings. The van der Waals surface area contributed by atoms with Crippen molar-refractivity contribution in [1.82, 2.24) is 5.43 Å². The molecule has 0 unspecified atom stereocenters. The predicted octanol–water partition coefficient (Wildman–Crippen LogP) is 3.01. The van der Waals surface area contributed by atoms with Gasteiger partial charge in [-0.2, -0.15) is 5.10 Å². The zero-order valence-electron chi connectivity index (χ0n) is 16.8. The molecular weight excluding hydrogens is 352 g/mol. The van der Waals surface area contributed by atoms with Crippen LogP contribution in [-0.2, 0) is 9.53 Å². The summed E-state index contributed by atoms with van der Waals surface area (Å²) in [6.45, 7) is 9.69. The van der Waals surface area contributed by atoms with Crippen molar-refractivity contribution >= 4 is 23.5 Å². The highest BCUT2D eigenvalue weighted by Gasteiger charge is 2.10. The summed E-state index contributed by atoms with van der Waals surface area (Å²) < 4.78 is 5.38. The van der Waals surface area contributed by atoms with Gasteiger partial charge in [-0.05, 0) is 49.6 Å². The van der Waals surface area contributed by atoms with Crippen molar-refractivity contribution < 1.29 is 9.53 Å². The molecule has 28 heavy (non-hydrogen) atoms. The normalized spacial score (nSPS) is 14.3. The van der Waals surface area contributed by atoms with Crippen molar-refractivity contribution in [2.45, 2.75) is 20.8 Å². The van der Waals surface area contributed by atoms with Crippen LogP contribution in [0.4, 0.5) is 11.4 Å². The number of amides is 1. The van der Waals surface area contributed by atoms with E-state index in [1.54, 1.807) is 6.21 Å². The molecule has 1 saturated heterocycles. The Hall–Kier alpha value is -2.86. The molecule has 3 rings (SSSR count). The second kappa shape index (κ2) is 9.37. The van der Waals surface area contributed by atoms with Crippen molar-refractivity contribution in [2.24, 2.45) is 5.10 Å². The molecule has 0 atom stereocenters. The van der Waals surface area contributed by atoms with Crippen molar-refractivity contribution in [1.29, 1.82) is 0 Å². The number of hydrazone groups is 1. The number of benzene rings is 2. The number of morpholine rings is 1. The van der Waals surface area contributed by atoms with Gasteiger partial charge in [0.1, 0.15) is 0 Å². The molecule has 1 aliphatic rings. The van der Waals surface area contributed by atoms with Crippen LogP contribution in [0.2, 0.25) is 0 Å². The minimum atomic E-state index is -0.180. The van der Waals surface area contributed by atoms with Crippen LogP contribution in [0, 0.1) is 20.8 Å². The summed E-state index contributed by atoms with van der Waals surface area (Å²) in [5, 5.41) is 7.26. The third kappa shape index (κ3) is 5.33. The van der Waals surface area contributed by atoms with Gasteiger partial charge in [-0.3, -0.25) is 4.79 Å². The van der Waals surface area contributed by atoms with Crippen LogP contribution < -0.4 is 15.6 Å². The molecule has 6 nitrogen and oxygen atoms in total. The quantitative estimate of drug-likeness (QED) is 0.597. The Morgan fingerprint density at radius 2 is 1.75 bits per heavy atom. The fourth-order valence-electron chi connectivity index (χ4n) is 3.44. The number of carbonyl (C=O) groups is 1. The van der Waals surface area contributed by atoms with E-state index in [0.29, 0.717) is 0 Å². The number of carbonyl (C=O) groups excluding carboxylic acids is 1. The molecule has 0 saturated carbocycles. The van der Waals surface area contributed by atoms with Gasteiger partial charge in [0.25, 0.3) is 5.91 Å². The van der Waals surface area contributed by atoms with Crippen molar-refractivity contribution in [3.8, 4) is 0 Å². The second-order valence-electron chi connectivity index (χ2n) is 7.11. The first kappa shape index (κ1) is 19.9. The van der Waals surface area contributed by atoms with Gasteiger partial charge >= 0.3 is 0 Å². The molecule has 0 radical (unpaired) electrons. The zero-order valence-corrected chi connectivity index (χ0v) is 16.8. The minimum Gasteiger partial charge on any atom is -0.378 e. The second-order valence-corrected chi connectivity index (χ2v) is 7.11. The first-order valence-electron chi connectivity index (χ1n) is 9.59. The van der Waals surface area contributed by atoms with Crippen molar-refractivity contribution in [3.05, 3.63) is 58.7 Å². The van der Waals surface area contributed by atoms with Crippen LogP contribution in [0.3, 0.4) is 0 Å². The van der Waals surface area contributed by atoms with Gasteiger partial charge in [-0.15, -0.1) is 0 Å². The largest absolute Gasteiger partial charge is 0.378 e. The first-order chi connectivity index (χ1) is 13.5. The van der Waals surface area contributed by atoms with Crippen molar-refractivity contribution in [3.63, 3.8) is 0 Å². The predicted molar refractivity (Wildman–Crippen MR) is 114 cm³/mol. The minimum absolute atomic E-state index is 0.179. The number of nitrogens with zero attached hydrogens (tertiary/aromatic N) is 2.